The molecule has 9 N–H and O–H groups in total. The Morgan fingerprint density at radius 1 is 1.07 bits per heavy atom. The van der Waals surface area contributed by atoms with Crippen LogP contribution in [0.2, 0.25) is 0 Å². The van der Waals surface area contributed by atoms with Crippen molar-refractivity contribution < 1.29 is 0 Å². The molecule has 5 rings (SSSR count). The van der Waals surface area contributed by atoms with Crippen molar-refractivity contribution in [3.63, 3.8) is 0 Å². The van der Waals surface area contributed by atoms with Crippen LogP contribution in [0.5, 0.6) is 0 Å². The van der Waals surface area contributed by atoms with Crippen molar-refractivity contribution in [3.05, 3.63) is 52.6 Å². The van der Waals surface area contributed by atoms with Crippen molar-refractivity contribution >= 4 is 29.1 Å². The number of nitrogens with two attached hydrogens (primary N) is 3. The van der Waals surface area contributed by atoms with E-state index in [1.165, 1.54) is 31.0 Å². The summed E-state index contributed by atoms with van der Waals surface area (Å²) in [4.78, 5) is 0. The van der Waals surface area contributed by atoms with Crippen LogP contribution in [0.15, 0.2) is 30.3 Å². The lowest BCUT2D eigenvalue weighted by Crippen LogP contribution is -2.36. The quantitative estimate of drug-likeness (QED) is 0.278. The minimum atomic E-state index is -0.00100. The van der Waals surface area contributed by atoms with E-state index in [9.17, 15) is 0 Å². The Morgan fingerprint density at radius 2 is 1.82 bits per heavy atom. The zero-order valence-electron chi connectivity index (χ0n) is 15.7. The van der Waals surface area contributed by atoms with Gasteiger partial charge in [0.05, 0.1) is 6.04 Å². The predicted octanol–water partition coefficient (Wildman–Crippen LogP) is 3.43. The van der Waals surface area contributed by atoms with Gasteiger partial charge in [-0.25, -0.2) is 0 Å². The normalized spacial score (nSPS) is 29.6. The molecule has 3 aliphatic rings. The van der Waals surface area contributed by atoms with E-state index in [0.717, 1.165) is 16.8 Å². The molecule has 0 amide bonds. The Morgan fingerprint density at radius 3 is 2.57 bits per heavy atom. The maximum absolute atomic E-state index is 7.94. The van der Waals surface area contributed by atoms with Crippen LogP contribution in [0.3, 0.4) is 0 Å². The highest BCUT2D eigenvalue weighted by molar-refractivity contribution is 6.00. The van der Waals surface area contributed by atoms with Gasteiger partial charge in [-0.1, -0.05) is 6.07 Å². The molecule has 1 heterocycles. The minimum Gasteiger partial charge on any atom is -0.398 e. The second-order valence-corrected chi connectivity index (χ2v) is 8.49. The van der Waals surface area contributed by atoms with Crippen LogP contribution in [0.25, 0.3) is 0 Å². The van der Waals surface area contributed by atoms with Crippen LogP contribution in [0.4, 0.5) is 17.1 Å². The van der Waals surface area contributed by atoms with Gasteiger partial charge in [0, 0.05) is 34.4 Å². The van der Waals surface area contributed by atoms with Crippen LogP contribution in [-0.4, -0.2) is 12.1 Å². The van der Waals surface area contributed by atoms with Gasteiger partial charge in [-0.05, 0) is 78.3 Å². The molecule has 6 nitrogen and oxygen atoms in total. The summed E-state index contributed by atoms with van der Waals surface area (Å²) in [5.41, 5.74) is 24.1. The van der Waals surface area contributed by atoms with E-state index in [-0.39, 0.29) is 11.9 Å². The lowest BCUT2D eigenvalue weighted by atomic mass is 9.67. The molecule has 2 aliphatic carbocycles. The molecule has 2 aromatic rings. The van der Waals surface area contributed by atoms with Crippen molar-refractivity contribution in [2.24, 2.45) is 23.5 Å². The van der Waals surface area contributed by atoms with Gasteiger partial charge >= 0.3 is 0 Å². The third kappa shape index (κ3) is 2.27. The van der Waals surface area contributed by atoms with E-state index < -0.39 is 0 Å². The minimum absolute atomic E-state index is 0.00100. The zero-order valence-corrected chi connectivity index (χ0v) is 15.7. The number of rotatable bonds is 3. The highest BCUT2D eigenvalue weighted by atomic mass is 15.0. The molecule has 0 aromatic heterocycles. The molecule has 0 spiro atoms. The van der Waals surface area contributed by atoms with Crippen LogP contribution in [-0.2, 0) is 0 Å². The second kappa shape index (κ2) is 5.99. The Labute approximate surface area is 164 Å². The number of anilines is 3. The van der Waals surface area contributed by atoms with Gasteiger partial charge in [0.15, 0.2) is 0 Å². The number of nitrogens with one attached hydrogen (secondary N) is 3. The lowest BCUT2D eigenvalue weighted by Gasteiger charge is -2.44. The average Bonchev–Trinajstić information content (AvgIpc) is 3.30. The fraction of sp³-hybridized carbons (Fsp3) is 0.364. The summed E-state index contributed by atoms with van der Waals surface area (Å²) in [7, 11) is 0. The SMILES string of the molecule is N=Cc1c(N)ccc2c1[C@H]1[C@@H]3CC[C@H](C3)[C@H]1[C@H](c1ccc(N)c(C(=N)N)c1)N2. The number of amidine groups is 1. The summed E-state index contributed by atoms with van der Waals surface area (Å²) in [6, 6.07) is 9.98. The van der Waals surface area contributed by atoms with E-state index in [4.69, 9.17) is 28.0 Å². The van der Waals surface area contributed by atoms with E-state index in [1.807, 2.05) is 18.2 Å². The van der Waals surface area contributed by atoms with Gasteiger partial charge in [0.25, 0.3) is 0 Å². The second-order valence-electron chi connectivity index (χ2n) is 8.49. The van der Waals surface area contributed by atoms with Crippen molar-refractivity contribution in [1.82, 2.24) is 0 Å². The lowest BCUT2D eigenvalue weighted by molar-refractivity contribution is 0.247. The summed E-state index contributed by atoms with van der Waals surface area (Å²) >= 11 is 0. The van der Waals surface area contributed by atoms with Crippen molar-refractivity contribution in [1.29, 1.82) is 10.8 Å². The fourth-order valence-electron chi connectivity index (χ4n) is 6.11. The van der Waals surface area contributed by atoms with Gasteiger partial charge in [-0.15, -0.1) is 0 Å². The van der Waals surface area contributed by atoms with Crippen molar-refractivity contribution in [2.75, 3.05) is 16.8 Å². The first-order valence-electron chi connectivity index (χ1n) is 9.92. The van der Waals surface area contributed by atoms with Gasteiger partial charge in [-0.2, -0.15) is 0 Å². The molecule has 0 saturated heterocycles. The summed E-state index contributed by atoms with van der Waals surface area (Å²) in [6.45, 7) is 0. The zero-order chi connectivity index (χ0) is 19.6. The largest absolute Gasteiger partial charge is 0.398 e. The van der Waals surface area contributed by atoms with E-state index >= 15 is 0 Å². The van der Waals surface area contributed by atoms with Crippen molar-refractivity contribution in [2.45, 2.75) is 31.2 Å². The molecule has 5 atom stereocenters. The summed E-state index contributed by atoms with van der Waals surface area (Å²) in [5, 5.41) is 19.5. The summed E-state index contributed by atoms with van der Waals surface area (Å²) in [6.07, 6.45) is 5.17. The van der Waals surface area contributed by atoms with Gasteiger partial charge in [0.1, 0.15) is 5.84 Å². The summed E-state index contributed by atoms with van der Waals surface area (Å²) < 4.78 is 0. The molecule has 144 valence electrons. The Kier molecular flexibility index (Phi) is 3.66. The molecular formula is C22H26N6. The highest BCUT2D eigenvalue weighted by Gasteiger charge is 2.54. The maximum atomic E-state index is 7.94. The van der Waals surface area contributed by atoms with Crippen LogP contribution < -0.4 is 22.5 Å². The molecular weight excluding hydrogens is 348 g/mol. The Bertz CT molecular complexity index is 997. The summed E-state index contributed by atoms with van der Waals surface area (Å²) in [5.74, 6) is 2.19. The topological polar surface area (TPSA) is 138 Å². The molecule has 1 aliphatic heterocycles. The first kappa shape index (κ1) is 17.1. The van der Waals surface area contributed by atoms with Gasteiger partial charge in [0.2, 0.25) is 0 Å². The Hall–Kier alpha value is -3.02. The monoisotopic (exact) mass is 374 g/mol. The highest BCUT2D eigenvalue weighted by Crippen LogP contribution is 2.64. The first-order chi connectivity index (χ1) is 13.5. The molecule has 28 heavy (non-hydrogen) atoms. The number of fused-ring (bicyclic) bond motifs is 7. The third-order valence-electron chi connectivity index (χ3n) is 7.20. The maximum Gasteiger partial charge on any atom is 0.124 e. The number of benzene rings is 2. The Balaban J connectivity index is 1.67. The fourth-order valence-corrected chi connectivity index (χ4v) is 6.11. The third-order valence-corrected chi connectivity index (χ3v) is 7.20. The molecule has 2 bridgehead atoms. The first-order valence-corrected chi connectivity index (χ1v) is 9.92. The van der Waals surface area contributed by atoms with E-state index in [1.54, 1.807) is 0 Å². The van der Waals surface area contributed by atoms with E-state index in [0.29, 0.717) is 40.6 Å². The molecule has 0 unspecified atom stereocenters. The van der Waals surface area contributed by atoms with Crippen molar-refractivity contribution in [3.8, 4) is 0 Å². The molecule has 0 radical (unpaired) electrons. The number of nitrogen functional groups attached to an aromatic ring is 3. The van der Waals surface area contributed by atoms with Gasteiger partial charge < -0.3 is 27.9 Å². The average molecular weight is 374 g/mol. The molecule has 6 heteroatoms. The van der Waals surface area contributed by atoms with E-state index in [2.05, 4.69) is 17.4 Å². The molecule has 2 fully saturated rings. The molecule has 2 aromatic carbocycles. The van der Waals surface area contributed by atoms with Crippen LogP contribution in [0, 0.1) is 28.6 Å². The number of hydrogen-bond acceptors (Lipinski definition) is 5. The standard InChI is InChI=1S/C22H26N6/c23-9-14-16(25)5-6-17-20(14)18-10-1-2-11(7-10)19(18)21(28-17)12-3-4-15(24)13(8-12)22(26)27/h3-6,8-11,18-19,21,23,28H,1-2,7,24-25H2,(H3,26,27)/t10-,11-,18+,19-,21+/m1/s1. The predicted molar refractivity (Wildman–Crippen MR) is 114 cm³/mol. The molecule has 2 saturated carbocycles. The van der Waals surface area contributed by atoms with Crippen LogP contribution >= 0.6 is 0 Å². The number of hydrogen-bond donors (Lipinski definition) is 6. The van der Waals surface area contributed by atoms with Crippen LogP contribution in [0.1, 0.15) is 53.5 Å². The smallest absolute Gasteiger partial charge is 0.124 e. The van der Waals surface area contributed by atoms with Gasteiger partial charge in [-0.3, -0.25) is 5.41 Å².